The van der Waals surface area contributed by atoms with Gasteiger partial charge in [-0.3, -0.25) is 0 Å². The molecule has 2 heteroatoms. The third kappa shape index (κ3) is 2.68. The molecule has 1 aliphatic rings. The minimum absolute atomic E-state index is 0.0548. The first-order valence-electron chi connectivity index (χ1n) is 7.73. The highest BCUT2D eigenvalue weighted by Crippen LogP contribution is 2.33. The van der Waals surface area contributed by atoms with Crippen molar-refractivity contribution in [3.05, 3.63) is 64.7 Å². The predicted molar refractivity (Wildman–Crippen MR) is 89.8 cm³/mol. The molecular weight excluding hydrogens is 256 g/mol. The molecule has 2 aromatic rings. The number of anilines is 1. The number of aryl methyl sites for hydroxylation is 2. The van der Waals surface area contributed by atoms with Crippen LogP contribution in [0.15, 0.2) is 42.5 Å². The number of hydrogen-bond donors (Lipinski definition) is 1. The molecule has 2 nitrogen and oxygen atoms in total. The Balaban J connectivity index is 1.83. The fourth-order valence-corrected chi connectivity index (χ4v) is 3.46. The van der Waals surface area contributed by atoms with Gasteiger partial charge in [0.05, 0.1) is 0 Å². The van der Waals surface area contributed by atoms with Crippen LogP contribution in [-0.4, -0.2) is 12.6 Å². The number of benzene rings is 2. The summed E-state index contributed by atoms with van der Waals surface area (Å²) in [6, 6.07) is 15.8. The van der Waals surface area contributed by atoms with E-state index in [9.17, 15) is 0 Å². The van der Waals surface area contributed by atoms with Crippen LogP contribution in [0.25, 0.3) is 0 Å². The van der Waals surface area contributed by atoms with Gasteiger partial charge in [0.15, 0.2) is 0 Å². The Kier molecular flexibility index (Phi) is 3.73. The number of nitrogens with two attached hydrogens (primary N) is 1. The molecule has 0 fully saturated rings. The first kappa shape index (κ1) is 14.2. The van der Waals surface area contributed by atoms with Gasteiger partial charge in [0.25, 0.3) is 0 Å². The lowest BCUT2D eigenvalue weighted by atomic mass is 9.99. The van der Waals surface area contributed by atoms with Gasteiger partial charge in [0.1, 0.15) is 0 Å². The molecule has 2 aromatic carbocycles. The third-order valence-corrected chi connectivity index (χ3v) is 4.57. The normalized spacial score (nSPS) is 18.7. The Morgan fingerprint density at radius 3 is 2.71 bits per heavy atom. The largest absolute Gasteiger partial charge is 0.366 e. The smallest absolute Gasteiger partial charge is 0.0475 e. The lowest BCUT2D eigenvalue weighted by molar-refractivity contribution is 0.608. The van der Waals surface area contributed by atoms with Crippen molar-refractivity contribution in [1.29, 1.82) is 0 Å². The van der Waals surface area contributed by atoms with E-state index in [0.717, 1.165) is 13.0 Å². The van der Waals surface area contributed by atoms with Gasteiger partial charge in [0.2, 0.25) is 0 Å². The van der Waals surface area contributed by atoms with Gasteiger partial charge in [-0.25, -0.2) is 0 Å². The zero-order valence-corrected chi connectivity index (χ0v) is 13.1. The molecule has 0 aliphatic carbocycles. The average Bonchev–Trinajstić information content (AvgIpc) is 2.75. The predicted octanol–water partition coefficient (Wildman–Crippen LogP) is 3.75. The fourth-order valence-electron chi connectivity index (χ4n) is 3.46. The highest BCUT2D eigenvalue weighted by molar-refractivity contribution is 5.59. The monoisotopic (exact) mass is 280 g/mol. The summed E-state index contributed by atoms with van der Waals surface area (Å²) in [5, 5.41) is 0. The first-order chi connectivity index (χ1) is 10.1. The summed E-state index contributed by atoms with van der Waals surface area (Å²) in [7, 11) is 0. The van der Waals surface area contributed by atoms with E-state index in [-0.39, 0.29) is 6.04 Å². The van der Waals surface area contributed by atoms with E-state index in [1.54, 1.807) is 0 Å². The van der Waals surface area contributed by atoms with Gasteiger partial charge in [-0.05, 0) is 49.9 Å². The third-order valence-electron chi connectivity index (χ3n) is 4.57. The van der Waals surface area contributed by atoms with Crippen molar-refractivity contribution < 1.29 is 0 Å². The molecule has 0 amide bonds. The van der Waals surface area contributed by atoms with E-state index in [4.69, 9.17) is 5.73 Å². The van der Waals surface area contributed by atoms with Crippen LogP contribution >= 0.6 is 0 Å². The second kappa shape index (κ2) is 5.53. The molecule has 0 saturated heterocycles. The van der Waals surface area contributed by atoms with Gasteiger partial charge in [-0.2, -0.15) is 0 Å². The maximum atomic E-state index is 6.50. The SMILES string of the molecule is Cc1ccc(C(N)CN2c3ccccc3CC2C)c(C)c1. The van der Waals surface area contributed by atoms with Crippen LogP contribution in [0.5, 0.6) is 0 Å². The Morgan fingerprint density at radius 2 is 1.95 bits per heavy atom. The van der Waals surface area contributed by atoms with Crippen LogP contribution in [0.1, 0.15) is 35.2 Å². The fraction of sp³-hybridized carbons (Fsp3) is 0.368. The Bertz CT molecular complexity index is 648. The molecule has 2 unspecified atom stereocenters. The van der Waals surface area contributed by atoms with E-state index in [1.165, 1.54) is 27.9 Å². The topological polar surface area (TPSA) is 29.3 Å². The lowest BCUT2D eigenvalue weighted by Crippen LogP contribution is -2.36. The van der Waals surface area contributed by atoms with Gasteiger partial charge in [0, 0.05) is 24.3 Å². The van der Waals surface area contributed by atoms with Crippen LogP contribution in [-0.2, 0) is 6.42 Å². The van der Waals surface area contributed by atoms with Crippen LogP contribution in [0, 0.1) is 13.8 Å². The summed E-state index contributed by atoms with van der Waals surface area (Å²) in [6.45, 7) is 7.45. The lowest BCUT2D eigenvalue weighted by Gasteiger charge is -2.29. The van der Waals surface area contributed by atoms with E-state index in [2.05, 4.69) is 68.1 Å². The maximum Gasteiger partial charge on any atom is 0.0475 e. The van der Waals surface area contributed by atoms with Crippen molar-refractivity contribution >= 4 is 5.69 Å². The zero-order valence-electron chi connectivity index (χ0n) is 13.1. The molecule has 1 heterocycles. The van der Waals surface area contributed by atoms with Gasteiger partial charge < -0.3 is 10.6 Å². The average molecular weight is 280 g/mol. The quantitative estimate of drug-likeness (QED) is 0.927. The summed E-state index contributed by atoms with van der Waals surface area (Å²) in [5.74, 6) is 0. The first-order valence-corrected chi connectivity index (χ1v) is 7.73. The van der Waals surface area contributed by atoms with Crippen molar-refractivity contribution in [2.24, 2.45) is 5.73 Å². The molecule has 110 valence electrons. The van der Waals surface area contributed by atoms with E-state index >= 15 is 0 Å². The zero-order chi connectivity index (χ0) is 15.0. The molecule has 1 aliphatic heterocycles. The van der Waals surface area contributed by atoms with Crippen LogP contribution < -0.4 is 10.6 Å². The Labute approximate surface area is 127 Å². The van der Waals surface area contributed by atoms with Gasteiger partial charge in [-0.15, -0.1) is 0 Å². The molecule has 0 saturated carbocycles. The minimum atomic E-state index is 0.0548. The molecule has 21 heavy (non-hydrogen) atoms. The van der Waals surface area contributed by atoms with Crippen molar-refractivity contribution in [3.63, 3.8) is 0 Å². The second-order valence-electron chi connectivity index (χ2n) is 6.30. The van der Waals surface area contributed by atoms with E-state index in [0.29, 0.717) is 6.04 Å². The minimum Gasteiger partial charge on any atom is -0.366 e. The molecule has 2 N–H and O–H groups in total. The molecule has 0 radical (unpaired) electrons. The molecule has 0 bridgehead atoms. The Hall–Kier alpha value is -1.80. The summed E-state index contributed by atoms with van der Waals surface area (Å²) in [4.78, 5) is 2.46. The van der Waals surface area contributed by atoms with E-state index < -0.39 is 0 Å². The summed E-state index contributed by atoms with van der Waals surface area (Å²) in [6.07, 6.45) is 1.12. The molecule has 0 spiro atoms. The van der Waals surface area contributed by atoms with Crippen LogP contribution in [0.2, 0.25) is 0 Å². The molecule has 2 atom stereocenters. The van der Waals surface area contributed by atoms with E-state index in [1.807, 2.05) is 0 Å². The highest BCUT2D eigenvalue weighted by atomic mass is 15.2. The van der Waals surface area contributed by atoms with Crippen molar-refractivity contribution in [1.82, 2.24) is 0 Å². The van der Waals surface area contributed by atoms with Crippen molar-refractivity contribution in [2.45, 2.75) is 39.3 Å². The summed E-state index contributed by atoms with van der Waals surface area (Å²) >= 11 is 0. The number of rotatable bonds is 3. The summed E-state index contributed by atoms with van der Waals surface area (Å²) in [5.41, 5.74) is 13.1. The molecular formula is C19H24N2. The number of hydrogen-bond acceptors (Lipinski definition) is 2. The van der Waals surface area contributed by atoms with Gasteiger partial charge >= 0.3 is 0 Å². The number of fused-ring (bicyclic) bond motifs is 1. The van der Waals surface area contributed by atoms with Crippen LogP contribution in [0.3, 0.4) is 0 Å². The maximum absolute atomic E-state index is 6.50. The second-order valence-corrected chi connectivity index (χ2v) is 6.30. The summed E-state index contributed by atoms with van der Waals surface area (Å²) < 4.78 is 0. The number of nitrogens with zero attached hydrogens (tertiary/aromatic N) is 1. The molecule has 0 aromatic heterocycles. The van der Waals surface area contributed by atoms with Gasteiger partial charge in [-0.1, -0.05) is 42.0 Å². The number of para-hydroxylation sites is 1. The Morgan fingerprint density at radius 1 is 1.19 bits per heavy atom. The standard InChI is InChI=1S/C19H24N2/c1-13-8-9-17(14(2)10-13)18(20)12-21-15(3)11-16-6-4-5-7-19(16)21/h4-10,15,18H,11-12,20H2,1-3H3. The van der Waals surface area contributed by atoms with Crippen molar-refractivity contribution in [3.8, 4) is 0 Å². The van der Waals surface area contributed by atoms with Crippen molar-refractivity contribution in [2.75, 3.05) is 11.4 Å². The molecule has 3 rings (SSSR count). The highest BCUT2D eigenvalue weighted by Gasteiger charge is 2.27. The van der Waals surface area contributed by atoms with Crippen LogP contribution in [0.4, 0.5) is 5.69 Å².